The molecule has 0 bridgehead atoms. The Bertz CT molecular complexity index is 1240. The number of nitrogens with zero attached hydrogens (tertiary/aromatic N) is 1. The Hall–Kier alpha value is -3.64. The number of amides is 1. The molecule has 1 amide bonds. The van der Waals surface area contributed by atoms with Crippen LogP contribution in [0.15, 0.2) is 72.3 Å². The van der Waals surface area contributed by atoms with Crippen molar-refractivity contribution in [1.29, 1.82) is 0 Å². The van der Waals surface area contributed by atoms with Crippen LogP contribution in [0.2, 0.25) is 5.02 Å². The standard InChI is InChI=1S/C25H19ClFNO4/c1-2-14-3-10-18(11-4-14)28-22(16-7-12-20(29)19(26)13-16)21(24(31)25(28)32)23(30)15-5-8-17(27)9-6-15/h3-13,22,29-30H,2H2,1H3/b23-21-. The highest BCUT2D eigenvalue weighted by Crippen LogP contribution is 2.43. The minimum atomic E-state index is -0.995. The molecule has 1 aliphatic heterocycles. The number of aromatic hydroxyl groups is 1. The van der Waals surface area contributed by atoms with Crippen molar-refractivity contribution in [2.75, 3.05) is 4.90 Å². The summed E-state index contributed by atoms with van der Waals surface area (Å²) in [5, 5.41) is 20.8. The van der Waals surface area contributed by atoms with Crippen LogP contribution in [0.3, 0.4) is 0 Å². The predicted octanol–water partition coefficient (Wildman–Crippen LogP) is 5.37. The zero-order valence-corrected chi connectivity index (χ0v) is 17.8. The van der Waals surface area contributed by atoms with Crippen LogP contribution in [-0.4, -0.2) is 21.9 Å². The number of ketones is 1. The molecule has 7 heteroatoms. The number of phenols is 1. The van der Waals surface area contributed by atoms with Gasteiger partial charge in [-0.2, -0.15) is 0 Å². The van der Waals surface area contributed by atoms with E-state index in [2.05, 4.69) is 0 Å². The summed E-state index contributed by atoms with van der Waals surface area (Å²) < 4.78 is 13.4. The molecule has 1 atom stereocenters. The molecule has 2 N–H and O–H groups in total. The van der Waals surface area contributed by atoms with Crippen LogP contribution in [0, 0.1) is 5.82 Å². The third-order valence-electron chi connectivity index (χ3n) is 5.47. The second-order valence-electron chi connectivity index (χ2n) is 7.41. The van der Waals surface area contributed by atoms with Gasteiger partial charge in [-0.3, -0.25) is 14.5 Å². The lowest BCUT2D eigenvalue weighted by Crippen LogP contribution is -2.29. The lowest BCUT2D eigenvalue weighted by atomic mass is 9.95. The average molecular weight is 452 g/mol. The summed E-state index contributed by atoms with van der Waals surface area (Å²) in [6, 6.07) is 15.5. The summed E-state index contributed by atoms with van der Waals surface area (Å²) in [5.41, 5.74) is 2.00. The van der Waals surface area contributed by atoms with E-state index in [1.165, 1.54) is 35.2 Å². The maximum atomic E-state index is 13.4. The molecule has 0 saturated carbocycles. The van der Waals surface area contributed by atoms with Gasteiger partial charge in [0.1, 0.15) is 17.3 Å². The third kappa shape index (κ3) is 3.74. The minimum Gasteiger partial charge on any atom is -0.507 e. The van der Waals surface area contributed by atoms with E-state index in [-0.39, 0.29) is 21.9 Å². The Morgan fingerprint density at radius 3 is 2.28 bits per heavy atom. The molecule has 1 saturated heterocycles. The van der Waals surface area contributed by atoms with E-state index in [9.17, 15) is 24.2 Å². The Labute approximate surface area is 189 Å². The Kier molecular flexibility index (Phi) is 5.72. The molecule has 1 unspecified atom stereocenters. The highest BCUT2D eigenvalue weighted by molar-refractivity contribution is 6.51. The molecule has 0 radical (unpaired) electrons. The largest absolute Gasteiger partial charge is 0.507 e. The Balaban J connectivity index is 1.94. The van der Waals surface area contributed by atoms with E-state index in [4.69, 9.17) is 11.6 Å². The number of anilines is 1. The van der Waals surface area contributed by atoms with Crippen molar-refractivity contribution < 1.29 is 24.2 Å². The molecule has 4 rings (SSSR count). The second-order valence-corrected chi connectivity index (χ2v) is 7.81. The fourth-order valence-electron chi connectivity index (χ4n) is 3.76. The molecule has 5 nitrogen and oxygen atoms in total. The zero-order chi connectivity index (χ0) is 23.0. The Morgan fingerprint density at radius 1 is 1.03 bits per heavy atom. The molecule has 1 fully saturated rings. The van der Waals surface area contributed by atoms with Crippen LogP contribution < -0.4 is 4.90 Å². The van der Waals surface area contributed by atoms with Gasteiger partial charge in [0.25, 0.3) is 11.7 Å². The summed E-state index contributed by atoms with van der Waals surface area (Å²) in [6.07, 6.45) is 0.806. The van der Waals surface area contributed by atoms with Crippen molar-refractivity contribution >= 4 is 34.7 Å². The number of halogens is 2. The zero-order valence-electron chi connectivity index (χ0n) is 17.0. The molecule has 1 aliphatic rings. The van der Waals surface area contributed by atoms with Gasteiger partial charge in [0.05, 0.1) is 16.6 Å². The number of carbonyl (C=O) groups is 2. The molecule has 0 aromatic heterocycles. The molecular formula is C25H19ClFNO4. The van der Waals surface area contributed by atoms with Crippen LogP contribution in [0.4, 0.5) is 10.1 Å². The number of carbonyl (C=O) groups excluding carboxylic acids is 2. The van der Waals surface area contributed by atoms with Crippen molar-refractivity contribution in [2.45, 2.75) is 19.4 Å². The predicted molar refractivity (Wildman–Crippen MR) is 120 cm³/mol. The number of aliphatic hydroxyl groups is 1. The summed E-state index contributed by atoms with van der Waals surface area (Å²) in [6.45, 7) is 2.00. The molecule has 3 aromatic rings. The number of hydrogen-bond acceptors (Lipinski definition) is 4. The average Bonchev–Trinajstić information content (AvgIpc) is 3.06. The number of hydrogen-bond donors (Lipinski definition) is 2. The van der Waals surface area contributed by atoms with Gasteiger partial charge in [-0.25, -0.2) is 4.39 Å². The smallest absolute Gasteiger partial charge is 0.300 e. The number of rotatable bonds is 4. The lowest BCUT2D eigenvalue weighted by molar-refractivity contribution is -0.132. The molecule has 162 valence electrons. The summed E-state index contributed by atoms with van der Waals surface area (Å²) in [4.78, 5) is 27.4. The van der Waals surface area contributed by atoms with E-state index in [0.29, 0.717) is 11.3 Å². The van der Waals surface area contributed by atoms with Gasteiger partial charge in [-0.05, 0) is 66.1 Å². The van der Waals surface area contributed by atoms with Gasteiger partial charge >= 0.3 is 0 Å². The number of benzene rings is 3. The third-order valence-corrected chi connectivity index (χ3v) is 5.78. The fraction of sp³-hybridized carbons (Fsp3) is 0.120. The van der Waals surface area contributed by atoms with Gasteiger partial charge < -0.3 is 10.2 Å². The SMILES string of the molecule is CCc1ccc(N2C(=O)C(=O)/C(=C(\O)c3ccc(F)cc3)C2c2ccc(O)c(Cl)c2)cc1. The number of Topliss-reactive ketones (excluding diaryl/α,β-unsaturated/α-hetero) is 1. The van der Waals surface area contributed by atoms with Crippen molar-refractivity contribution in [3.05, 3.63) is 99.8 Å². The van der Waals surface area contributed by atoms with E-state index in [1.54, 1.807) is 12.1 Å². The maximum Gasteiger partial charge on any atom is 0.300 e. The normalized spacial score (nSPS) is 17.7. The van der Waals surface area contributed by atoms with Crippen LogP contribution in [0.5, 0.6) is 5.75 Å². The highest BCUT2D eigenvalue weighted by atomic mass is 35.5. The molecular weight excluding hydrogens is 433 g/mol. The van der Waals surface area contributed by atoms with E-state index < -0.39 is 29.3 Å². The quantitative estimate of drug-likeness (QED) is 0.317. The highest BCUT2D eigenvalue weighted by Gasteiger charge is 2.47. The first-order valence-corrected chi connectivity index (χ1v) is 10.3. The van der Waals surface area contributed by atoms with Crippen LogP contribution in [-0.2, 0) is 16.0 Å². The van der Waals surface area contributed by atoms with Crippen LogP contribution in [0.25, 0.3) is 5.76 Å². The Morgan fingerprint density at radius 2 is 1.69 bits per heavy atom. The molecule has 0 aliphatic carbocycles. The van der Waals surface area contributed by atoms with Crippen molar-refractivity contribution in [2.24, 2.45) is 0 Å². The van der Waals surface area contributed by atoms with Crippen molar-refractivity contribution in [1.82, 2.24) is 0 Å². The van der Waals surface area contributed by atoms with Crippen LogP contribution in [0.1, 0.15) is 29.7 Å². The van der Waals surface area contributed by atoms with Crippen molar-refractivity contribution in [3.8, 4) is 5.75 Å². The topological polar surface area (TPSA) is 77.8 Å². The first-order chi connectivity index (χ1) is 15.3. The van der Waals surface area contributed by atoms with Crippen molar-refractivity contribution in [3.63, 3.8) is 0 Å². The number of aryl methyl sites for hydroxylation is 1. The maximum absolute atomic E-state index is 13.4. The van der Waals surface area contributed by atoms with E-state index in [1.807, 2.05) is 19.1 Å². The van der Waals surface area contributed by atoms with Gasteiger partial charge in [-0.15, -0.1) is 0 Å². The molecule has 1 heterocycles. The van der Waals surface area contributed by atoms with Gasteiger partial charge in [0.15, 0.2) is 0 Å². The minimum absolute atomic E-state index is 0.0381. The van der Waals surface area contributed by atoms with Gasteiger partial charge in [-0.1, -0.05) is 36.7 Å². The number of aliphatic hydroxyl groups excluding tert-OH is 1. The second kappa shape index (κ2) is 8.48. The summed E-state index contributed by atoms with van der Waals surface area (Å²) >= 11 is 6.10. The molecule has 3 aromatic carbocycles. The monoisotopic (exact) mass is 451 g/mol. The lowest BCUT2D eigenvalue weighted by Gasteiger charge is -2.26. The first kappa shape index (κ1) is 21.6. The first-order valence-electron chi connectivity index (χ1n) is 9.96. The molecule has 0 spiro atoms. The number of phenolic OH excluding ortho intramolecular Hbond substituents is 1. The fourth-order valence-corrected chi connectivity index (χ4v) is 3.95. The van der Waals surface area contributed by atoms with Gasteiger partial charge in [0.2, 0.25) is 0 Å². The summed E-state index contributed by atoms with van der Waals surface area (Å²) in [5.74, 6) is -2.77. The summed E-state index contributed by atoms with van der Waals surface area (Å²) in [7, 11) is 0. The van der Waals surface area contributed by atoms with E-state index >= 15 is 0 Å². The van der Waals surface area contributed by atoms with Gasteiger partial charge in [0, 0.05) is 11.3 Å². The van der Waals surface area contributed by atoms with Crippen LogP contribution >= 0.6 is 11.6 Å². The van der Waals surface area contributed by atoms with E-state index in [0.717, 1.165) is 24.1 Å². The molecule has 32 heavy (non-hydrogen) atoms.